The van der Waals surface area contributed by atoms with Crippen molar-refractivity contribution in [3.63, 3.8) is 0 Å². The predicted molar refractivity (Wildman–Crippen MR) is 109 cm³/mol. The predicted octanol–water partition coefficient (Wildman–Crippen LogP) is 5.06. The minimum atomic E-state index is -0.260. The first kappa shape index (κ1) is 18.9. The van der Waals surface area contributed by atoms with Crippen LogP contribution in [0.1, 0.15) is 36.8 Å². The third-order valence-electron chi connectivity index (χ3n) is 5.56. The molecule has 0 bridgehead atoms. The van der Waals surface area contributed by atoms with Crippen molar-refractivity contribution in [2.24, 2.45) is 5.92 Å². The molecule has 2 aromatic rings. The zero-order valence-electron chi connectivity index (χ0n) is 16.2. The maximum absolute atomic E-state index is 13.0. The third-order valence-corrected chi connectivity index (χ3v) is 5.56. The van der Waals surface area contributed by atoms with Gasteiger partial charge in [0.05, 0.1) is 18.8 Å². The molecule has 28 heavy (non-hydrogen) atoms. The zero-order valence-corrected chi connectivity index (χ0v) is 16.2. The minimum Gasteiger partial charge on any atom is -0.512 e. The summed E-state index contributed by atoms with van der Waals surface area (Å²) in [6.07, 6.45) is 2.19. The largest absolute Gasteiger partial charge is 0.512 e. The Balaban J connectivity index is 1.59. The number of hydrogen-bond donors (Lipinski definition) is 1. The molecule has 0 spiro atoms. The average Bonchev–Trinajstić information content (AvgIpc) is 2.70. The lowest BCUT2D eigenvalue weighted by Gasteiger charge is -2.29. The molecule has 1 N–H and O–H groups in total. The highest BCUT2D eigenvalue weighted by atomic mass is 16.7. The van der Waals surface area contributed by atoms with Gasteiger partial charge in [0.2, 0.25) is 0 Å². The third kappa shape index (κ3) is 4.03. The van der Waals surface area contributed by atoms with Crippen molar-refractivity contribution in [3.05, 3.63) is 65.4 Å². The van der Waals surface area contributed by atoms with Gasteiger partial charge < -0.3 is 14.6 Å². The number of rotatable bonds is 4. The van der Waals surface area contributed by atoms with Crippen molar-refractivity contribution in [2.75, 3.05) is 13.2 Å². The van der Waals surface area contributed by atoms with Crippen molar-refractivity contribution in [1.29, 1.82) is 0 Å². The van der Waals surface area contributed by atoms with Gasteiger partial charge in [-0.25, -0.2) is 0 Å². The number of Topliss-reactive ketones (excluding diaryl/α,β-unsaturated/α-hetero) is 1. The van der Waals surface area contributed by atoms with E-state index >= 15 is 0 Å². The molecule has 1 fully saturated rings. The SMILES string of the molecule is Cc1ccc(-c2ccccc2)cc1C1=C(O)CC(CC2OCCCO2)CC1=O. The second kappa shape index (κ2) is 8.29. The number of hydrogen-bond acceptors (Lipinski definition) is 4. The number of carbonyl (C=O) groups excluding carboxylic acids is 1. The molecule has 146 valence electrons. The number of aliphatic hydroxyl groups excluding tert-OH is 1. The second-order valence-corrected chi connectivity index (χ2v) is 7.68. The Labute approximate surface area is 165 Å². The van der Waals surface area contributed by atoms with Crippen LogP contribution in [0.2, 0.25) is 0 Å². The van der Waals surface area contributed by atoms with Crippen LogP contribution in [0.4, 0.5) is 0 Å². The lowest BCUT2D eigenvalue weighted by molar-refractivity contribution is -0.187. The molecule has 1 aliphatic carbocycles. The van der Waals surface area contributed by atoms with E-state index in [-0.39, 0.29) is 23.8 Å². The Bertz CT molecular complexity index is 879. The van der Waals surface area contributed by atoms with Crippen molar-refractivity contribution >= 4 is 11.4 Å². The molecule has 1 atom stereocenters. The summed E-state index contributed by atoms with van der Waals surface area (Å²) in [5.74, 6) is 0.236. The summed E-state index contributed by atoms with van der Waals surface area (Å²) in [5.41, 5.74) is 4.42. The summed E-state index contributed by atoms with van der Waals surface area (Å²) >= 11 is 0. The van der Waals surface area contributed by atoms with Crippen molar-refractivity contribution < 1.29 is 19.4 Å². The first-order chi connectivity index (χ1) is 13.6. The fourth-order valence-corrected chi connectivity index (χ4v) is 4.09. The molecule has 4 rings (SSSR count). The Morgan fingerprint density at radius 2 is 1.75 bits per heavy atom. The molecule has 4 heteroatoms. The molecule has 0 amide bonds. The van der Waals surface area contributed by atoms with Crippen molar-refractivity contribution in [3.8, 4) is 11.1 Å². The van der Waals surface area contributed by atoms with Crippen LogP contribution >= 0.6 is 0 Å². The van der Waals surface area contributed by atoms with Gasteiger partial charge in [-0.05, 0) is 47.6 Å². The van der Waals surface area contributed by atoms with E-state index in [9.17, 15) is 9.90 Å². The van der Waals surface area contributed by atoms with Crippen LogP contribution in [0.3, 0.4) is 0 Å². The Hall–Kier alpha value is -2.43. The first-order valence-electron chi connectivity index (χ1n) is 9.97. The number of aliphatic hydroxyl groups is 1. The van der Waals surface area contributed by atoms with Crippen LogP contribution in [-0.2, 0) is 14.3 Å². The quantitative estimate of drug-likeness (QED) is 0.808. The average molecular weight is 378 g/mol. The molecule has 0 saturated carbocycles. The van der Waals surface area contributed by atoms with E-state index < -0.39 is 0 Å². The monoisotopic (exact) mass is 378 g/mol. The van der Waals surface area contributed by atoms with Crippen LogP contribution in [0.15, 0.2) is 54.3 Å². The fraction of sp³-hybridized carbons (Fsp3) is 0.375. The number of carbonyl (C=O) groups is 1. The van der Waals surface area contributed by atoms with Crippen LogP contribution in [0.5, 0.6) is 0 Å². The van der Waals surface area contributed by atoms with E-state index in [1.54, 1.807) is 0 Å². The Morgan fingerprint density at radius 1 is 1.00 bits per heavy atom. The van der Waals surface area contributed by atoms with Gasteiger partial charge in [-0.1, -0.05) is 42.5 Å². The molecule has 0 radical (unpaired) electrons. The van der Waals surface area contributed by atoms with Gasteiger partial charge in [-0.15, -0.1) is 0 Å². The number of ether oxygens (including phenoxy) is 2. The van der Waals surface area contributed by atoms with Gasteiger partial charge in [0.25, 0.3) is 0 Å². The molecule has 1 heterocycles. The van der Waals surface area contributed by atoms with E-state index in [0.29, 0.717) is 38.0 Å². The molecule has 1 saturated heterocycles. The lowest BCUT2D eigenvalue weighted by atomic mass is 9.81. The highest BCUT2D eigenvalue weighted by molar-refractivity contribution is 6.22. The highest BCUT2D eigenvalue weighted by Crippen LogP contribution is 2.37. The maximum Gasteiger partial charge on any atom is 0.167 e. The van der Waals surface area contributed by atoms with E-state index in [1.807, 2.05) is 49.4 Å². The summed E-state index contributed by atoms with van der Waals surface area (Å²) in [5, 5.41) is 10.8. The molecule has 2 aromatic carbocycles. The summed E-state index contributed by atoms with van der Waals surface area (Å²) in [6, 6.07) is 16.2. The normalized spacial score (nSPS) is 21.2. The maximum atomic E-state index is 13.0. The van der Waals surface area contributed by atoms with Crippen molar-refractivity contribution in [1.82, 2.24) is 0 Å². The smallest absolute Gasteiger partial charge is 0.167 e. The van der Waals surface area contributed by atoms with Gasteiger partial charge in [0.1, 0.15) is 5.76 Å². The van der Waals surface area contributed by atoms with Crippen LogP contribution < -0.4 is 0 Å². The van der Waals surface area contributed by atoms with Crippen LogP contribution in [-0.4, -0.2) is 30.4 Å². The highest BCUT2D eigenvalue weighted by Gasteiger charge is 2.31. The first-order valence-corrected chi connectivity index (χ1v) is 9.97. The summed E-state index contributed by atoms with van der Waals surface area (Å²) in [7, 11) is 0. The number of ketones is 1. The minimum absolute atomic E-state index is 0.00197. The number of aryl methyl sites for hydroxylation is 1. The van der Waals surface area contributed by atoms with E-state index in [1.165, 1.54) is 0 Å². The van der Waals surface area contributed by atoms with E-state index in [4.69, 9.17) is 9.47 Å². The molecule has 4 nitrogen and oxygen atoms in total. The fourth-order valence-electron chi connectivity index (χ4n) is 4.09. The topological polar surface area (TPSA) is 55.8 Å². The number of benzene rings is 2. The molecule has 0 aromatic heterocycles. The Kier molecular flexibility index (Phi) is 5.60. The summed E-state index contributed by atoms with van der Waals surface area (Å²) in [4.78, 5) is 13.0. The molecule has 1 aliphatic heterocycles. The van der Waals surface area contributed by atoms with E-state index in [0.717, 1.165) is 28.7 Å². The van der Waals surface area contributed by atoms with Crippen LogP contribution in [0.25, 0.3) is 16.7 Å². The van der Waals surface area contributed by atoms with Crippen LogP contribution in [0, 0.1) is 12.8 Å². The summed E-state index contributed by atoms with van der Waals surface area (Å²) < 4.78 is 11.2. The van der Waals surface area contributed by atoms with Gasteiger partial charge in [-0.3, -0.25) is 4.79 Å². The van der Waals surface area contributed by atoms with E-state index in [2.05, 4.69) is 6.07 Å². The molecular weight excluding hydrogens is 352 g/mol. The zero-order chi connectivity index (χ0) is 19.5. The van der Waals surface area contributed by atoms with Crippen molar-refractivity contribution in [2.45, 2.75) is 38.9 Å². The second-order valence-electron chi connectivity index (χ2n) is 7.68. The molecule has 2 aliphatic rings. The van der Waals surface area contributed by atoms with Gasteiger partial charge >= 0.3 is 0 Å². The lowest BCUT2D eigenvalue weighted by Crippen LogP contribution is -2.29. The molecular formula is C24H26O4. The van der Waals surface area contributed by atoms with Gasteiger partial charge in [0, 0.05) is 19.3 Å². The summed E-state index contributed by atoms with van der Waals surface area (Å²) in [6.45, 7) is 3.38. The van der Waals surface area contributed by atoms with Gasteiger partial charge in [-0.2, -0.15) is 0 Å². The standard InChI is InChI=1S/C24H26O4/c1-16-8-9-19(18-6-3-2-4-7-18)15-20(16)24-21(25)12-17(13-22(24)26)14-23-27-10-5-11-28-23/h2-4,6-9,15,17,23,25H,5,10-14H2,1H3. The number of allylic oxidation sites excluding steroid dienone is 2. The van der Waals surface area contributed by atoms with Gasteiger partial charge in [0.15, 0.2) is 12.1 Å². The molecule has 1 unspecified atom stereocenters. The Morgan fingerprint density at radius 3 is 2.46 bits per heavy atom.